The standard InChI is InChI=1S/C21H23F3N4O4/c1-12-16(5-4-15-18(12)14(21(22,23)24)11-17(29)26-15)27-8-2-3-13(27)6-10-32-20(31)28-9-7-25-19(28)30/h4-5,11,13H,2-3,6-10H2,1H3,(H,25,30)(H,26,29). The van der Waals surface area contributed by atoms with E-state index in [1.807, 2.05) is 4.90 Å². The summed E-state index contributed by atoms with van der Waals surface area (Å²) in [5, 5.41) is 2.50. The van der Waals surface area contributed by atoms with Crippen LogP contribution in [0.15, 0.2) is 23.0 Å². The number of fused-ring (bicyclic) bond motifs is 1. The fourth-order valence-corrected chi connectivity index (χ4v) is 4.52. The van der Waals surface area contributed by atoms with Crippen LogP contribution in [0.4, 0.5) is 28.4 Å². The number of anilines is 1. The van der Waals surface area contributed by atoms with Crippen molar-refractivity contribution in [1.29, 1.82) is 0 Å². The number of aromatic amines is 1. The molecule has 0 bridgehead atoms. The molecule has 4 rings (SSSR count). The van der Waals surface area contributed by atoms with Gasteiger partial charge in [-0.1, -0.05) is 0 Å². The number of benzene rings is 1. The van der Waals surface area contributed by atoms with Gasteiger partial charge in [0.25, 0.3) is 0 Å². The van der Waals surface area contributed by atoms with Crippen LogP contribution in [-0.4, -0.2) is 54.3 Å². The lowest BCUT2D eigenvalue weighted by atomic mass is 10.0. The van der Waals surface area contributed by atoms with Crippen LogP contribution < -0.4 is 15.8 Å². The van der Waals surface area contributed by atoms with Gasteiger partial charge in [0.2, 0.25) is 5.56 Å². The molecule has 11 heteroatoms. The summed E-state index contributed by atoms with van der Waals surface area (Å²) in [5.41, 5.74) is -0.528. The number of halogens is 3. The fraction of sp³-hybridized carbons (Fsp3) is 0.476. The molecule has 3 amide bonds. The van der Waals surface area contributed by atoms with Crippen LogP contribution >= 0.6 is 0 Å². The number of aryl methyl sites for hydroxylation is 1. The number of alkyl halides is 3. The van der Waals surface area contributed by atoms with E-state index in [4.69, 9.17) is 4.74 Å². The van der Waals surface area contributed by atoms with Gasteiger partial charge in [-0.05, 0) is 37.5 Å². The number of nitrogens with one attached hydrogen (secondary N) is 2. The minimum atomic E-state index is -4.66. The van der Waals surface area contributed by atoms with Crippen molar-refractivity contribution in [1.82, 2.24) is 15.2 Å². The lowest BCUT2D eigenvalue weighted by molar-refractivity contribution is -0.136. The van der Waals surface area contributed by atoms with Gasteiger partial charge in [0, 0.05) is 48.2 Å². The van der Waals surface area contributed by atoms with E-state index in [0.717, 1.165) is 17.7 Å². The molecule has 0 radical (unpaired) electrons. The normalized spacial score (nSPS) is 19.0. The van der Waals surface area contributed by atoms with Crippen LogP contribution in [0, 0.1) is 6.92 Å². The predicted molar refractivity (Wildman–Crippen MR) is 111 cm³/mol. The maximum atomic E-state index is 13.6. The quantitative estimate of drug-likeness (QED) is 0.742. The Hall–Kier alpha value is -3.24. The van der Waals surface area contributed by atoms with E-state index in [9.17, 15) is 27.6 Å². The van der Waals surface area contributed by atoms with Crippen molar-refractivity contribution in [3.05, 3.63) is 39.7 Å². The molecule has 172 valence electrons. The molecule has 2 saturated heterocycles. The number of urea groups is 1. The number of rotatable bonds is 4. The van der Waals surface area contributed by atoms with Gasteiger partial charge < -0.3 is 19.9 Å². The highest BCUT2D eigenvalue weighted by Gasteiger charge is 2.35. The van der Waals surface area contributed by atoms with E-state index in [0.29, 0.717) is 36.8 Å². The van der Waals surface area contributed by atoms with E-state index in [1.165, 1.54) is 6.07 Å². The van der Waals surface area contributed by atoms with Crippen molar-refractivity contribution >= 4 is 28.7 Å². The third-order valence-electron chi connectivity index (χ3n) is 5.98. The molecule has 2 N–H and O–H groups in total. The van der Waals surface area contributed by atoms with E-state index in [1.54, 1.807) is 13.0 Å². The Morgan fingerprint density at radius 2 is 2.03 bits per heavy atom. The van der Waals surface area contributed by atoms with Crippen LogP contribution in [0.1, 0.15) is 30.4 Å². The zero-order valence-corrected chi connectivity index (χ0v) is 17.4. The third kappa shape index (κ3) is 4.11. The highest BCUT2D eigenvalue weighted by atomic mass is 19.4. The molecular formula is C21H23F3N4O4. The molecular weight excluding hydrogens is 429 g/mol. The van der Waals surface area contributed by atoms with Gasteiger partial charge in [0.15, 0.2) is 0 Å². The number of aromatic nitrogens is 1. The fourth-order valence-electron chi connectivity index (χ4n) is 4.52. The average Bonchev–Trinajstić information content (AvgIpc) is 3.35. The molecule has 0 aliphatic carbocycles. The van der Waals surface area contributed by atoms with Gasteiger partial charge in [0.1, 0.15) is 0 Å². The average molecular weight is 452 g/mol. The lowest BCUT2D eigenvalue weighted by Gasteiger charge is -2.29. The Balaban J connectivity index is 1.54. The number of carbonyl (C=O) groups excluding carboxylic acids is 2. The van der Waals surface area contributed by atoms with E-state index in [2.05, 4.69) is 10.3 Å². The Morgan fingerprint density at radius 3 is 2.72 bits per heavy atom. The van der Waals surface area contributed by atoms with Crippen molar-refractivity contribution < 1.29 is 27.5 Å². The van der Waals surface area contributed by atoms with Gasteiger partial charge in [-0.15, -0.1) is 0 Å². The molecule has 2 aliphatic heterocycles. The van der Waals surface area contributed by atoms with E-state index < -0.39 is 29.4 Å². The molecule has 1 unspecified atom stereocenters. The summed E-state index contributed by atoms with van der Waals surface area (Å²) in [6.07, 6.45) is -3.23. The number of hydrogen-bond donors (Lipinski definition) is 2. The van der Waals surface area contributed by atoms with E-state index in [-0.39, 0.29) is 30.1 Å². The molecule has 1 atom stereocenters. The molecule has 8 nitrogen and oxygen atoms in total. The Bertz CT molecular complexity index is 1110. The first-order valence-corrected chi connectivity index (χ1v) is 10.4. The molecule has 2 aromatic rings. The summed E-state index contributed by atoms with van der Waals surface area (Å²) >= 11 is 0. The van der Waals surface area contributed by atoms with Gasteiger partial charge >= 0.3 is 18.3 Å². The van der Waals surface area contributed by atoms with Crippen LogP contribution in [0.3, 0.4) is 0 Å². The number of hydrogen-bond acceptors (Lipinski definition) is 5. The first-order chi connectivity index (χ1) is 15.2. The van der Waals surface area contributed by atoms with Crippen molar-refractivity contribution in [2.45, 2.75) is 38.4 Å². The molecule has 1 aromatic carbocycles. The number of ether oxygens (including phenoxy) is 1. The highest BCUT2D eigenvalue weighted by molar-refractivity contribution is 5.92. The summed E-state index contributed by atoms with van der Waals surface area (Å²) in [5.74, 6) is 0. The highest BCUT2D eigenvalue weighted by Crippen LogP contribution is 2.39. The van der Waals surface area contributed by atoms with Crippen LogP contribution in [0.25, 0.3) is 10.9 Å². The zero-order chi connectivity index (χ0) is 23.0. The summed E-state index contributed by atoms with van der Waals surface area (Å²) in [4.78, 5) is 40.8. The van der Waals surface area contributed by atoms with Crippen LogP contribution in [0.5, 0.6) is 0 Å². The zero-order valence-electron chi connectivity index (χ0n) is 17.4. The number of imide groups is 1. The third-order valence-corrected chi connectivity index (χ3v) is 5.98. The van der Waals surface area contributed by atoms with Gasteiger partial charge in [-0.25, -0.2) is 14.5 Å². The van der Waals surface area contributed by atoms with Crippen molar-refractivity contribution in [3.63, 3.8) is 0 Å². The topological polar surface area (TPSA) is 94.7 Å². The molecule has 0 spiro atoms. The SMILES string of the molecule is Cc1c(N2CCCC2CCOC(=O)N2CCNC2=O)ccc2[nH]c(=O)cc(C(F)(F)F)c12. The lowest BCUT2D eigenvalue weighted by Crippen LogP contribution is -2.36. The van der Waals surface area contributed by atoms with Crippen molar-refractivity contribution in [3.8, 4) is 0 Å². The number of nitrogens with zero attached hydrogens (tertiary/aromatic N) is 2. The number of H-pyrrole nitrogens is 1. The monoisotopic (exact) mass is 452 g/mol. The second-order valence-electron chi connectivity index (χ2n) is 7.95. The second-order valence-corrected chi connectivity index (χ2v) is 7.95. The smallest absolute Gasteiger partial charge is 0.418 e. The van der Waals surface area contributed by atoms with Crippen molar-refractivity contribution in [2.24, 2.45) is 0 Å². The van der Waals surface area contributed by atoms with Crippen LogP contribution in [0.2, 0.25) is 0 Å². The maximum absolute atomic E-state index is 13.6. The summed E-state index contributed by atoms with van der Waals surface area (Å²) in [6, 6.07) is 3.29. The molecule has 3 heterocycles. The van der Waals surface area contributed by atoms with Gasteiger partial charge in [-0.3, -0.25) is 4.79 Å². The molecule has 1 aromatic heterocycles. The number of pyridine rings is 1. The molecule has 2 aliphatic rings. The minimum absolute atomic E-state index is 0.0216. The molecule has 2 fully saturated rings. The maximum Gasteiger partial charge on any atom is 0.418 e. The number of carbonyl (C=O) groups is 2. The Kier molecular flexibility index (Phi) is 5.74. The summed E-state index contributed by atoms with van der Waals surface area (Å²) < 4.78 is 46.1. The van der Waals surface area contributed by atoms with Crippen LogP contribution in [-0.2, 0) is 10.9 Å². The minimum Gasteiger partial charge on any atom is -0.449 e. The molecule has 0 saturated carbocycles. The van der Waals surface area contributed by atoms with Crippen molar-refractivity contribution in [2.75, 3.05) is 31.1 Å². The Morgan fingerprint density at radius 1 is 1.25 bits per heavy atom. The molecule has 32 heavy (non-hydrogen) atoms. The summed E-state index contributed by atoms with van der Waals surface area (Å²) in [7, 11) is 0. The first kappa shape index (κ1) is 22.0. The largest absolute Gasteiger partial charge is 0.449 e. The predicted octanol–water partition coefficient (Wildman–Crippen LogP) is 3.38. The number of amides is 3. The Labute approximate surface area is 181 Å². The van der Waals surface area contributed by atoms with Gasteiger partial charge in [0.05, 0.1) is 18.7 Å². The summed E-state index contributed by atoms with van der Waals surface area (Å²) in [6.45, 7) is 3.01. The van der Waals surface area contributed by atoms with Gasteiger partial charge in [-0.2, -0.15) is 13.2 Å². The first-order valence-electron chi connectivity index (χ1n) is 10.4. The van der Waals surface area contributed by atoms with E-state index >= 15 is 0 Å². The second kappa shape index (κ2) is 8.36.